The van der Waals surface area contributed by atoms with Crippen LogP contribution in [0.3, 0.4) is 0 Å². The first-order valence-corrected chi connectivity index (χ1v) is 13.5. The van der Waals surface area contributed by atoms with Crippen LogP contribution in [-0.2, 0) is 11.2 Å². The lowest BCUT2D eigenvalue weighted by molar-refractivity contribution is 0.106. The van der Waals surface area contributed by atoms with E-state index in [1.807, 2.05) is 13.8 Å². The number of nitrogens with one attached hydrogen (secondary N) is 1. The molecule has 3 aromatic rings. The molecule has 10 nitrogen and oxygen atoms in total. The fourth-order valence-electron chi connectivity index (χ4n) is 4.71. The number of piperidine rings is 1. The number of hydrogen-bond acceptors (Lipinski definition) is 9. The highest BCUT2D eigenvalue weighted by molar-refractivity contribution is 6.34. The van der Waals surface area contributed by atoms with Crippen molar-refractivity contribution in [3.8, 4) is 28.4 Å². The van der Waals surface area contributed by atoms with E-state index >= 15 is 0 Å². The van der Waals surface area contributed by atoms with Gasteiger partial charge in [-0.2, -0.15) is 0 Å². The zero-order chi connectivity index (χ0) is 28.1. The van der Waals surface area contributed by atoms with Crippen LogP contribution in [0.2, 0.25) is 10.0 Å². The predicted molar refractivity (Wildman–Crippen MR) is 148 cm³/mol. The van der Waals surface area contributed by atoms with Gasteiger partial charge in [-0.15, -0.1) is 0 Å². The van der Waals surface area contributed by atoms with E-state index in [1.54, 1.807) is 30.1 Å². The lowest BCUT2D eigenvalue weighted by atomic mass is 9.91. The van der Waals surface area contributed by atoms with Gasteiger partial charge >= 0.3 is 6.09 Å². The molecule has 0 bridgehead atoms. The largest absolute Gasteiger partial charge is 0.491 e. The second-order valence-electron chi connectivity index (χ2n) is 9.62. The number of halogens is 2. The highest BCUT2D eigenvalue weighted by atomic mass is 35.5. The number of nitrogens with zero attached hydrogens (tertiary/aromatic N) is 4. The van der Waals surface area contributed by atoms with Gasteiger partial charge in [0, 0.05) is 25.2 Å². The number of aliphatic hydroxyl groups excluding tert-OH is 1. The molecule has 4 rings (SSSR count). The molecule has 1 fully saturated rings. The molecule has 3 heterocycles. The number of carbonyl (C=O) groups is 1. The Hall–Kier alpha value is -2.92. The van der Waals surface area contributed by atoms with Crippen molar-refractivity contribution >= 4 is 29.3 Å². The van der Waals surface area contributed by atoms with Gasteiger partial charge in [-0.05, 0) is 64.3 Å². The van der Waals surface area contributed by atoms with Crippen molar-refractivity contribution in [3.05, 3.63) is 45.4 Å². The maximum absolute atomic E-state index is 11.9. The third-order valence-corrected chi connectivity index (χ3v) is 7.51. The summed E-state index contributed by atoms with van der Waals surface area (Å²) in [5.74, 6) is 1.78. The first kappa shape index (κ1) is 29.1. The van der Waals surface area contributed by atoms with Crippen molar-refractivity contribution < 1.29 is 23.9 Å². The molecule has 2 N–H and O–H groups in total. The van der Waals surface area contributed by atoms with Gasteiger partial charge in [-0.3, -0.25) is 0 Å². The molecular weight excluding hydrogens is 545 g/mol. The molecule has 1 aromatic carbocycles. The summed E-state index contributed by atoms with van der Waals surface area (Å²) in [7, 11) is 3.15. The minimum Gasteiger partial charge on any atom is -0.491 e. The number of aromatic nitrogens is 3. The van der Waals surface area contributed by atoms with E-state index < -0.39 is 6.10 Å². The van der Waals surface area contributed by atoms with Gasteiger partial charge in [0.1, 0.15) is 24.2 Å². The normalized spacial score (nSPS) is 14.9. The number of likely N-dealkylation sites (tertiary alicyclic amines) is 1. The molecule has 1 atom stereocenters. The van der Waals surface area contributed by atoms with Crippen molar-refractivity contribution in [1.82, 2.24) is 25.3 Å². The molecule has 1 aliphatic rings. The summed E-state index contributed by atoms with van der Waals surface area (Å²) < 4.78 is 16.1. The summed E-state index contributed by atoms with van der Waals surface area (Å²) in [6.07, 6.45) is 1.22. The quantitative estimate of drug-likeness (QED) is 0.372. The number of methoxy groups -OCH3 is 1. The highest BCUT2D eigenvalue weighted by Gasteiger charge is 2.27. The van der Waals surface area contributed by atoms with E-state index in [4.69, 9.17) is 47.2 Å². The number of aryl methyl sites for hydroxylation is 2. The number of benzene rings is 1. The van der Waals surface area contributed by atoms with Crippen LogP contribution in [0.1, 0.15) is 30.0 Å². The Bertz CT molecular complexity index is 1290. The molecule has 1 saturated heterocycles. The molecular formula is C27H33Cl2N5O5. The molecule has 0 aliphatic carbocycles. The van der Waals surface area contributed by atoms with Gasteiger partial charge in [0.2, 0.25) is 0 Å². The Morgan fingerprint density at radius 1 is 1.26 bits per heavy atom. The highest BCUT2D eigenvalue weighted by Crippen LogP contribution is 2.38. The number of hydrogen-bond donors (Lipinski definition) is 2. The second-order valence-corrected chi connectivity index (χ2v) is 10.4. The first-order valence-electron chi connectivity index (χ1n) is 12.8. The molecule has 39 heavy (non-hydrogen) atoms. The maximum Gasteiger partial charge on any atom is 0.409 e. The number of amides is 1. The topological polar surface area (TPSA) is 123 Å². The number of likely N-dealkylation sites (N-methyl/N-ethyl adjacent to an activating group) is 1. The molecule has 12 heteroatoms. The van der Waals surface area contributed by atoms with E-state index in [0.29, 0.717) is 81.6 Å². The van der Waals surface area contributed by atoms with Crippen molar-refractivity contribution in [1.29, 1.82) is 0 Å². The van der Waals surface area contributed by atoms with Crippen molar-refractivity contribution in [2.45, 2.75) is 39.2 Å². The molecule has 0 saturated carbocycles. The van der Waals surface area contributed by atoms with Gasteiger partial charge in [0.05, 0.1) is 39.8 Å². The molecule has 2 aromatic heterocycles. The fourth-order valence-corrected chi connectivity index (χ4v) is 5.17. The third kappa shape index (κ3) is 6.81. The Morgan fingerprint density at radius 2 is 2.00 bits per heavy atom. The van der Waals surface area contributed by atoms with E-state index in [-0.39, 0.29) is 18.6 Å². The van der Waals surface area contributed by atoms with Gasteiger partial charge in [0.15, 0.2) is 5.82 Å². The van der Waals surface area contributed by atoms with Crippen LogP contribution in [0.4, 0.5) is 4.79 Å². The van der Waals surface area contributed by atoms with E-state index in [2.05, 4.69) is 10.5 Å². The van der Waals surface area contributed by atoms with Crippen LogP contribution in [-0.4, -0.2) is 77.7 Å². The van der Waals surface area contributed by atoms with E-state index in [1.165, 1.54) is 7.11 Å². The van der Waals surface area contributed by atoms with Gasteiger partial charge < -0.3 is 29.3 Å². The molecule has 0 unspecified atom stereocenters. The van der Waals surface area contributed by atoms with E-state index in [9.17, 15) is 9.90 Å². The van der Waals surface area contributed by atoms with Crippen molar-refractivity contribution in [2.75, 3.05) is 40.4 Å². The van der Waals surface area contributed by atoms with Crippen molar-refractivity contribution in [2.24, 2.45) is 5.92 Å². The monoisotopic (exact) mass is 577 g/mol. The van der Waals surface area contributed by atoms with Crippen molar-refractivity contribution in [3.63, 3.8) is 0 Å². The zero-order valence-corrected chi connectivity index (χ0v) is 24.0. The first-order chi connectivity index (χ1) is 18.7. The van der Waals surface area contributed by atoms with Crippen LogP contribution in [0.15, 0.2) is 22.7 Å². The van der Waals surface area contributed by atoms with Crippen LogP contribution in [0, 0.1) is 19.8 Å². The summed E-state index contributed by atoms with van der Waals surface area (Å²) in [5, 5.41) is 17.9. The van der Waals surface area contributed by atoms with Crippen LogP contribution < -0.4 is 10.1 Å². The minimum atomic E-state index is -0.663. The maximum atomic E-state index is 11.9. The fraction of sp³-hybridized carbons (Fsp3) is 0.481. The van der Waals surface area contributed by atoms with Gasteiger partial charge in [-0.25, -0.2) is 14.8 Å². The van der Waals surface area contributed by atoms with Crippen LogP contribution in [0.5, 0.6) is 5.75 Å². The number of aliphatic hydroxyl groups is 1. The van der Waals surface area contributed by atoms with Gasteiger partial charge in [0.25, 0.3) is 0 Å². The molecule has 0 radical (unpaired) electrons. The molecule has 0 spiro atoms. The SMILES string of the molecule is CNC[C@H](O)COc1ccc(Cl)c(-c2nc(CC3CCN(C(=O)OC)CC3)c(Cl)c(-c3c(C)noc3C)n2)c1. The summed E-state index contributed by atoms with van der Waals surface area (Å²) in [6, 6.07) is 5.21. The van der Waals surface area contributed by atoms with E-state index in [0.717, 1.165) is 12.8 Å². The van der Waals surface area contributed by atoms with Crippen LogP contribution >= 0.6 is 23.2 Å². The Labute approximate surface area is 237 Å². The number of ether oxygens (including phenoxy) is 2. The third-order valence-electron chi connectivity index (χ3n) is 6.78. The average Bonchev–Trinajstić information content (AvgIpc) is 3.27. The zero-order valence-electron chi connectivity index (χ0n) is 22.5. The second kappa shape index (κ2) is 13.0. The molecule has 1 amide bonds. The Kier molecular flexibility index (Phi) is 9.66. The smallest absolute Gasteiger partial charge is 0.409 e. The predicted octanol–water partition coefficient (Wildman–Crippen LogP) is 4.70. The number of carbonyl (C=O) groups excluding carboxylic acids is 1. The number of rotatable bonds is 9. The lowest BCUT2D eigenvalue weighted by Gasteiger charge is -2.31. The molecule has 1 aliphatic heterocycles. The average molecular weight is 578 g/mol. The van der Waals surface area contributed by atoms with Crippen LogP contribution in [0.25, 0.3) is 22.6 Å². The summed E-state index contributed by atoms with van der Waals surface area (Å²) in [4.78, 5) is 23.3. The standard InChI is InChI=1S/C27H33Cl2N5O5/c1-15-23(16(2)39-33-15)25-24(29)22(11-17-7-9-34(10-8-17)27(36)37-4)31-26(32-25)20-12-19(5-6-21(20)28)38-14-18(35)13-30-3/h5-6,12,17-18,30,35H,7-11,13-14H2,1-4H3/t18-/m0/s1. The summed E-state index contributed by atoms with van der Waals surface area (Å²) >= 11 is 13.6. The lowest BCUT2D eigenvalue weighted by Crippen LogP contribution is -2.38. The van der Waals surface area contributed by atoms with Gasteiger partial charge in [-0.1, -0.05) is 28.4 Å². The Balaban J connectivity index is 1.70. The summed E-state index contributed by atoms with van der Waals surface area (Å²) in [6.45, 7) is 5.38. The minimum absolute atomic E-state index is 0.114. The molecule has 210 valence electrons. The summed E-state index contributed by atoms with van der Waals surface area (Å²) in [5.41, 5.74) is 3.15. The Morgan fingerprint density at radius 3 is 2.64 bits per heavy atom.